The molecule has 0 spiro atoms. The fourth-order valence-electron chi connectivity index (χ4n) is 5.93. The molecule has 0 saturated heterocycles. The Labute approximate surface area is 120 Å². The Morgan fingerprint density at radius 1 is 1.05 bits per heavy atom. The van der Waals surface area contributed by atoms with Crippen molar-refractivity contribution in [3.8, 4) is 0 Å². The Balaban J connectivity index is 1.63. The Morgan fingerprint density at radius 2 is 1.70 bits per heavy atom. The average molecular weight is 266 g/mol. The second-order valence-corrected chi connectivity index (χ2v) is 7.75. The highest BCUT2D eigenvalue weighted by atomic mass is 14.9. The molecule has 0 aliphatic heterocycles. The monoisotopic (exact) mass is 266 g/mol. The minimum atomic E-state index is 0.502. The summed E-state index contributed by atoms with van der Waals surface area (Å²) in [5.41, 5.74) is 4.45. The zero-order valence-corrected chi connectivity index (χ0v) is 12.2. The number of fused-ring (bicyclic) bond motifs is 1. The smallest absolute Gasteiger partial charge is 0.104 e. The van der Waals surface area contributed by atoms with Crippen molar-refractivity contribution >= 4 is 11.0 Å². The lowest BCUT2D eigenvalue weighted by atomic mass is 9.48. The maximum atomic E-state index is 4.55. The summed E-state index contributed by atoms with van der Waals surface area (Å²) in [6.07, 6.45) is 8.88. The molecule has 4 aliphatic rings. The van der Waals surface area contributed by atoms with Gasteiger partial charge in [0, 0.05) is 0 Å². The second-order valence-electron chi connectivity index (χ2n) is 7.75. The maximum Gasteiger partial charge on any atom is 0.104 e. The van der Waals surface area contributed by atoms with Crippen molar-refractivity contribution in [2.75, 3.05) is 0 Å². The van der Waals surface area contributed by atoms with Crippen LogP contribution in [0.5, 0.6) is 0 Å². The van der Waals surface area contributed by atoms with Gasteiger partial charge in [0.2, 0.25) is 0 Å². The quantitative estimate of drug-likeness (QED) is 0.817. The van der Waals surface area contributed by atoms with E-state index in [9.17, 15) is 0 Å². The van der Waals surface area contributed by atoms with Crippen LogP contribution in [-0.2, 0) is 5.41 Å². The van der Waals surface area contributed by atoms with Gasteiger partial charge in [-0.05, 0) is 86.3 Å². The van der Waals surface area contributed by atoms with Gasteiger partial charge in [-0.25, -0.2) is 4.98 Å². The highest BCUT2D eigenvalue weighted by Gasteiger charge is 2.51. The highest BCUT2D eigenvalue weighted by Crippen LogP contribution is 2.60. The normalized spacial score (nSPS) is 38.8. The summed E-state index contributed by atoms with van der Waals surface area (Å²) in [7, 11) is 0. The molecule has 1 heterocycles. The van der Waals surface area contributed by atoms with Gasteiger partial charge >= 0.3 is 0 Å². The van der Waals surface area contributed by atoms with E-state index in [-0.39, 0.29) is 0 Å². The molecule has 2 nitrogen and oxygen atoms in total. The van der Waals surface area contributed by atoms with Crippen molar-refractivity contribution in [1.29, 1.82) is 0 Å². The van der Waals surface area contributed by atoms with E-state index in [0.717, 1.165) is 29.1 Å². The number of imidazole rings is 1. The van der Waals surface area contributed by atoms with Crippen molar-refractivity contribution in [3.05, 3.63) is 29.6 Å². The molecule has 4 fully saturated rings. The van der Waals surface area contributed by atoms with Gasteiger partial charge in [-0.3, -0.25) is 0 Å². The first kappa shape index (κ1) is 11.4. The minimum absolute atomic E-state index is 0.502. The third-order valence-electron chi connectivity index (χ3n) is 6.25. The molecule has 1 aromatic heterocycles. The summed E-state index contributed by atoms with van der Waals surface area (Å²) in [5, 5.41) is 0. The molecule has 4 aliphatic carbocycles. The number of aromatic nitrogens is 2. The number of aromatic amines is 1. The topological polar surface area (TPSA) is 28.7 Å². The number of aryl methyl sites for hydroxylation is 1. The Kier molecular flexibility index (Phi) is 2.08. The van der Waals surface area contributed by atoms with Crippen LogP contribution < -0.4 is 0 Å². The van der Waals surface area contributed by atoms with Gasteiger partial charge in [0.1, 0.15) is 5.82 Å². The van der Waals surface area contributed by atoms with Crippen LogP contribution >= 0.6 is 0 Å². The van der Waals surface area contributed by atoms with Gasteiger partial charge in [0.15, 0.2) is 0 Å². The van der Waals surface area contributed by atoms with Crippen LogP contribution in [0.1, 0.15) is 49.9 Å². The van der Waals surface area contributed by atoms with Gasteiger partial charge in [0.25, 0.3) is 0 Å². The van der Waals surface area contributed by atoms with Crippen molar-refractivity contribution in [1.82, 2.24) is 9.97 Å². The van der Waals surface area contributed by atoms with Gasteiger partial charge < -0.3 is 4.98 Å². The minimum Gasteiger partial charge on any atom is -0.342 e. The van der Waals surface area contributed by atoms with E-state index in [1.54, 1.807) is 5.56 Å². The molecular weight excluding hydrogens is 244 g/mol. The zero-order valence-electron chi connectivity index (χ0n) is 12.2. The first-order chi connectivity index (χ1) is 9.70. The van der Waals surface area contributed by atoms with E-state index >= 15 is 0 Å². The molecule has 2 aromatic rings. The van der Waals surface area contributed by atoms with Crippen molar-refractivity contribution in [2.45, 2.75) is 50.9 Å². The summed E-state index contributed by atoms with van der Waals surface area (Å²) in [4.78, 5) is 7.96. The third kappa shape index (κ3) is 1.48. The fourth-order valence-corrected chi connectivity index (χ4v) is 5.93. The number of rotatable bonds is 1. The van der Waals surface area contributed by atoms with Crippen LogP contribution in [0.25, 0.3) is 11.0 Å². The van der Waals surface area contributed by atoms with Gasteiger partial charge in [-0.2, -0.15) is 0 Å². The van der Waals surface area contributed by atoms with Crippen LogP contribution in [0, 0.1) is 24.7 Å². The van der Waals surface area contributed by atoms with Crippen LogP contribution in [0.4, 0.5) is 0 Å². The van der Waals surface area contributed by atoms with Gasteiger partial charge in [-0.15, -0.1) is 0 Å². The summed E-state index contributed by atoms with van der Waals surface area (Å²) >= 11 is 0. The van der Waals surface area contributed by atoms with Crippen molar-refractivity contribution in [2.24, 2.45) is 17.8 Å². The van der Waals surface area contributed by atoms with E-state index in [0.29, 0.717) is 5.41 Å². The average Bonchev–Trinajstić information content (AvgIpc) is 2.76. The van der Waals surface area contributed by atoms with Crippen LogP contribution in [0.15, 0.2) is 18.2 Å². The highest BCUT2D eigenvalue weighted by molar-refractivity contribution is 5.76. The fraction of sp³-hybridized carbons (Fsp3) is 0.611. The molecule has 1 aromatic carbocycles. The molecule has 6 rings (SSSR count). The first-order valence-corrected chi connectivity index (χ1v) is 8.17. The Bertz CT molecular complexity index is 646. The molecule has 20 heavy (non-hydrogen) atoms. The lowest BCUT2D eigenvalue weighted by molar-refractivity contribution is -0.00513. The molecule has 1 N–H and O–H groups in total. The molecule has 4 saturated carbocycles. The first-order valence-electron chi connectivity index (χ1n) is 8.17. The molecule has 0 amide bonds. The number of nitrogens with zero attached hydrogens (tertiary/aromatic N) is 1. The van der Waals surface area contributed by atoms with E-state index in [1.807, 2.05) is 6.92 Å². The van der Waals surface area contributed by atoms with Crippen molar-refractivity contribution < 1.29 is 0 Å². The van der Waals surface area contributed by atoms with E-state index in [4.69, 9.17) is 0 Å². The van der Waals surface area contributed by atoms with Crippen LogP contribution in [0.3, 0.4) is 0 Å². The van der Waals surface area contributed by atoms with Crippen LogP contribution in [-0.4, -0.2) is 9.97 Å². The van der Waals surface area contributed by atoms with E-state index < -0.39 is 0 Å². The second kappa shape index (κ2) is 3.66. The Morgan fingerprint density at radius 3 is 2.35 bits per heavy atom. The number of benzene rings is 1. The predicted molar refractivity (Wildman–Crippen MR) is 80.7 cm³/mol. The summed E-state index contributed by atoms with van der Waals surface area (Å²) in [6.45, 7) is 2.05. The molecule has 0 atom stereocenters. The summed E-state index contributed by atoms with van der Waals surface area (Å²) < 4.78 is 0. The van der Waals surface area contributed by atoms with E-state index in [2.05, 4.69) is 28.2 Å². The SMILES string of the molecule is Cc1nc2ccc(C34CC5CC(CC(C5)C3)C4)cc2[nH]1. The van der Waals surface area contributed by atoms with Crippen LogP contribution in [0.2, 0.25) is 0 Å². The lowest BCUT2D eigenvalue weighted by Gasteiger charge is -2.57. The molecule has 2 heteroatoms. The third-order valence-corrected chi connectivity index (χ3v) is 6.25. The van der Waals surface area contributed by atoms with Gasteiger partial charge in [-0.1, -0.05) is 6.07 Å². The largest absolute Gasteiger partial charge is 0.342 e. The standard InChI is InChI=1S/C18H22N2/c1-11-19-16-3-2-15(7-17(16)20-11)18-8-12-4-13(9-18)6-14(5-12)10-18/h2-3,7,12-14H,4-6,8-10H2,1H3,(H,19,20). The van der Waals surface area contributed by atoms with Crippen molar-refractivity contribution in [3.63, 3.8) is 0 Å². The number of hydrogen-bond donors (Lipinski definition) is 1. The maximum absolute atomic E-state index is 4.55. The molecule has 104 valence electrons. The molecule has 4 bridgehead atoms. The summed E-state index contributed by atoms with van der Waals surface area (Å²) in [5.74, 6) is 4.07. The molecule has 0 unspecified atom stereocenters. The number of H-pyrrole nitrogens is 1. The lowest BCUT2D eigenvalue weighted by Crippen LogP contribution is -2.48. The summed E-state index contributed by atoms with van der Waals surface area (Å²) in [6, 6.07) is 7.00. The number of nitrogens with one attached hydrogen (secondary N) is 1. The molecular formula is C18H22N2. The number of hydrogen-bond acceptors (Lipinski definition) is 1. The molecule has 0 radical (unpaired) electrons. The zero-order chi connectivity index (χ0) is 13.3. The van der Waals surface area contributed by atoms with E-state index in [1.165, 1.54) is 44.0 Å². The van der Waals surface area contributed by atoms with Gasteiger partial charge in [0.05, 0.1) is 11.0 Å². The Hall–Kier alpha value is -1.31. The predicted octanol–water partition coefficient (Wildman–Crippen LogP) is 4.34.